The van der Waals surface area contributed by atoms with Crippen LogP contribution in [0, 0.1) is 10.1 Å². The summed E-state index contributed by atoms with van der Waals surface area (Å²) < 4.78 is 5.43. The maximum atomic E-state index is 12.4. The molecule has 1 aliphatic heterocycles. The molecule has 1 aromatic rings. The Bertz CT molecular complexity index is 535. The van der Waals surface area contributed by atoms with Crippen LogP contribution in [0.15, 0.2) is 24.3 Å². The molecule has 1 heterocycles. The molecule has 1 N–H and O–H groups in total. The normalized spacial score (nSPS) is 16.5. The van der Waals surface area contributed by atoms with E-state index in [0.29, 0.717) is 12.3 Å². The molecule has 0 bridgehead atoms. The lowest BCUT2D eigenvalue weighted by molar-refractivity contribution is -0.384. The first-order valence-corrected chi connectivity index (χ1v) is 7.49. The van der Waals surface area contributed by atoms with Gasteiger partial charge in [-0.2, -0.15) is 0 Å². The smallest absolute Gasteiger partial charge is 0.273 e. The van der Waals surface area contributed by atoms with E-state index in [1.807, 2.05) is 11.8 Å². The highest BCUT2D eigenvalue weighted by Gasteiger charge is 2.26. The predicted octanol–water partition coefficient (Wildman–Crippen LogP) is 2.00. The van der Waals surface area contributed by atoms with Gasteiger partial charge in [-0.3, -0.25) is 14.9 Å². The number of nitro groups is 1. The Morgan fingerprint density at radius 2 is 2.30 bits per heavy atom. The van der Waals surface area contributed by atoms with Gasteiger partial charge in [0.25, 0.3) is 11.6 Å². The lowest BCUT2D eigenvalue weighted by Crippen LogP contribution is -2.44. The molecule has 1 aliphatic rings. The van der Waals surface area contributed by atoms with E-state index in [-0.39, 0.29) is 36.7 Å². The monoisotopic (exact) mass is 343 g/mol. The van der Waals surface area contributed by atoms with E-state index in [2.05, 4.69) is 5.32 Å². The second-order valence-electron chi connectivity index (χ2n) is 5.28. The highest BCUT2D eigenvalue weighted by molar-refractivity contribution is 5.85. The summed E-state index contributed by atoms with van der Waals surface area (Å²) in [6, 6.07) is 6.09. The van der Waals surface area contributed by atoms with Crippen LogP contribution >= 0.6 is 12.4 Å². The Labute approximate surface area is 141 Å². The fraction of sp³-hybridized carbons (Fsp3) is 0.533. The number of carbonyl (C=O) groups is 1. The first kappa shape index (κ1) is 19.2. The molecule has 1 saturated heterocycles. The van der Waals surface area contributed by atoms with Crippen LogP contribution in [-0.4, -0.2) is 48.0 Å². The van der Waals surface area contributed by atoms with Gasteiger partial charge < -0.3 is 15.0 Å². The van der Waals surface area contributed by atoms with Crippen molar-refractivity contribution in [1.29, 1.82) is 0 Å². The Balaban J connectivity index is 0.00000264. The molecular weight excluding hydrogens is 322 g/mol. The van der Waals surface area contributed by atoms with Crippen molar-refractivity contribution in [3.05, 3.63) is 34.4 Å². The highest BCUT2D eigenvalue weighted by atomic mass is 35.5. The first-order chi connectivity index (χ1) is 10.6. The van der Waals surface area contributed by atoms with Crippen LogP contribution in [0.25, 0.3) is 0 Å². The van der Waals surface area contributed by atoms with Crippen LogP contribution in [0.4, 0.5) is 5.69 Å². The lowest BCUT2D eigenvalue weighted by Gasteiger charge is -2.28. The standard InChI is InChI=1S/C15H21N3O4.ClH/c1-2-8-17(13-6-7-16-10-13)15(19)11-22-14-5-3-4-12(9-14)18(20)21;/h3-5,9,13,16H,2,6-8,10-11H2,1H3;1H. The SMILES string of the molecule is CCCN(C(=O)COc1cccc([N+](=O)[O-])c1)C1CCNC1.Cl. The van der Waals surface area contributed by atoms with Gasteiger partial charge in [0, 0.05) is 25.2 Å². The van der Waals surface area contributed by atoms with Gasteiger partial charge in [-0.25, -0.2) is 0 Å². The van der Waals surface area contributed by atoms with Crippen LogP contribution in [-0.2, 0) is 4.79 Å². The summed E-state index contributed by atoms with van der Waals surface area (Å²) in [5.41, 5.74) is -0.0460. The molecule has 1 unspecified atom stereocenters. The third-order valence-corrected chi connectivity index (χ3v) is 3.65. The van der Waals surface area contributed by atoms with E-state index < -0.39 is 4.92 Å². The number of hydrogen-bond donors (Lipinski definition) is 1. The van der Waals surface area contributed by atoms with Crippen molar-refractivity contribution < 1.29 is 14.5 Å². The topological polar surface area (TPSA) is 84.7 Å². The van der Waals surface area contributed by atoms with Crippen LogP contribution in [0.3, 0.4) is 0 Å². The molecule has 1 amide bonds. The number of rotatable bonds is 7. The molecule has 1 atom stereocenters. The number of hydrogen-bond acceptors (Lipinski definition) is 5. The van der Waals surface area contributed by atoms with Crippen LogP contribution in [0.2, 0.25) is 0 Å². The Kier molecular flexibility index (Phi) is 7.77. The van der Waals surface area contributed by atoms with Gasteiger partial charge in [-0.15, -0.1) is 12.4 Å². The van der Waals surface area contributed by atoms with Crippen LogP contribution < -0.4 is 10.1 Å². The van der Waals surface area contributed by atoms with Gasteiger partial charge in [0.15, 0.2) is 6.61 Å². The number of carbonyl (C=O) groups excluding carboxylic acids is 1. The van der Waals surface area contributed by atoms with Gasteiger partial charge in [-0.05, 0) is 25.5 Å². The molecular formula is C15H22ClN3O4. The minimum Gasteiger partial charge on any atom is -0.484 e. The number of halogens is 1. The number of nitrogens with one attached hydrogen (secondary N) is 1. The van der Waals surface area contributed by atoms with Gasteiger partial charge in [-0.1, -0.05) is 13.0 Å². The summed E-state index contributed by atoms with van der Waals surface area (Å²) in [6.07, 6.45) is 1.83. The summed E-state index contributed by atoms with van der Waals surface area (Å²) in [7, 11) is 0. The summed E-state index contributed by atoms with van der Waals surface area (Å²) >= 11 is 0. The third-order valence-electron chi connectivity index (χ3n) is 3.65. The maximum Gasteiger partial charge on any atom is 0.273 e. The van der Waals surface area contributed by atoms with Crippen LogP contribution in [0.1, 0.15) is 19.8 Å². The third kappa shape index (κ3) is 5.37. The van der Waals surface area contributed by atoms with Gasteiger partial charge in [0.2, 0.25) is 0 Å². The lowest BCUT2D eigenvalue weighted by atomic mass is 10.2. The van der Waals surface area contributed by atoms with E-state index >= 15 is 0 Å². The molecule has 1 fully saturated rings. The molecule has 1 aromatic carbocycles. The van der Waals surface area contributed by atoms with Crippen molar-refractivity contribution in [2.45, 2.75) is 25.8 Å². The zero-order valence-corrected chi connectivity index (χ0v) is 13.9. The molecule has 7 nitrogen and oxygen atoms in total. The minimum atomic E-state index is -0.484. The van der Waals surface area contributed by atoms with Crippen molar-refractivity contribution in [1.82, 2.24) is 10.2 Å². The number of nitro benzene ring substituents is 1. The number of nitrogens with zero attached hydrogens (tertiary/aromatic N) is 2. The Morgan fingerprint density at radius 1 is 1.52 bits per heavy atom. The van der Waals surface area contributed by atoms with E-state index in [9.17, 15) is 14.9 Å². The van der Waals surface area contributed by atoms with Crippen LogP contribution in [0.5, 0.6) is 5.75 Å². The Hall–Kier alpha value is -1.86. The molecule has 23 heavy (non-hydrogen) atoms. The molecule has 0 saturated carbocycles. The summed E-state index contributed by atoms with van der Waals surface area (Å²) in [5.74, 6) is 0.255. The molecule has 0 aromatic heterocycles. The minimum absolute atomic E-state index is 0. The fourth-order valence-electron chi connectivity index (χ4n) is 2.57. The second-order valence-corrected chi connectivity index (χ2v) is 5.28. The molecule has 0 spiro atoms. The second kappa shape index (κ2) is 9.32. The van der Waals surface area contributed by atoms with E-state index in [0.717, 1.165) is 25.9 Å². The summed E-state index contributed by atoms with van der Waals surface area (Å²) in [6.45, 7) is 4.36. The molecule has 128 valence electrons. The zero-order chi connectivity index (χ0) is 15.9. The zero-order valence-electron chi connectivity index (χ0n) is 13.1. The largest absolute Gasteiger partial charge is 0.484 e. The van der Waals surface area contributed by atoms with E-state index in [1.54, 1.807) is 12.1 Å². The number of ether oxygens (including phenoxy) is 1. The fourth-order valence-corrected chi connectivity index (χ4v) is 2.57. The van der Waals surface area contributed by atoms with Gasteiger partial charge >= 0.3 is 0 Å². The average molecular weight is 344 g/mol. The summed E-state index contributed by atoms with van der Waals surface area (Å²) in [4.78, 5) is 24.4. The summed E-state index contributed by atoms with van der Waals surface area (Å²) in [5, 5.41) is 14.0. The van der Waals surface area contributed by atoms with Crippen molar-refractivity contribution in [2.75, 3.05) is 26.2 Å². The molecule has 8 heteroatoms. The maximum absolute atomic E-state index is 12.4. The number of benzene rings is 1. The van der Waals surface area contributed by atoms with Crippen molar-refractivity contribution in [3.8, 4) is 5.75 Å². The molecule has 0 radical (unpaired) electrons. The van der Waals surface area contributed by atoms with Gasteiger partial charge in [0.1, 0.15) is 5.75 Å². The van der Waals surface area contributed by atoms with Gasteiger partial charge in [0.05, 0.1) is 11.0 Å². The molecule has 2 rings (SSSR count). The number of amides is 1. The number of non-ortho nitro benzene ring substituents is 1. The quantitative estimate of drug-likeness (QED) is 0.604. The highest BCUT2D eigenvalue weighted by Crippen LogP contribution is 2.19. The van der Waals surface area contributed by atoms with Crippen molar-refractivity contribution in [3.63, 3.8) is 0 Å². The van der Waals surface area contributed by atoms with Crippen molar-refractivity contribution >= 4 is 24.0 Å². The van der Waals surface area contributed by atoms with E-state index in [1.165, 1.54) is 12.1 Å². The van der Waals surface area contributed by atoms with E-state index in [4.69, 9.17) is 4.74 Å². The first-order valence-electron chi connectivity index (χ1n) is 7.49. The average Bonchev–Trinajstić information content (AvgIpc) is 3.04. The molecule has 0 aliphatic carbocycles. The van der Waals surface area contributed by atoms with Crippen molar-refractivity contribution in [2.24, 2.45) is 0 Å². The predicted molar refractivity (Wildman–Crippen MR) is 89.1 cm³/mol. The Morgan fingerprint density at radius 3 is 2.91 bits per heavy atom.